The number of methoxy groups -OCH3 is 1. The summed E-state index contributed by atoms with van der Waals surface area (Å²) < 4.78 is 9.67. The first-order valence-electron chi connectivity index (χ1n) is 12.8. The summed E-state index contributed by atoms with van der Waals surface area (Å²) in [5, 5.41) is 18.0. The smallest absolute Gasteiger partial charge is 0.404 e. The molecule has 1 saturated carbocycles. The lowest BCUT2D eigenvalue weighted by Crippen LogP contribution is -2.49. The zero-order valence-electron chi connectivity index (χ0n) is 21.3. The molecule has 0 radical (unpaired) electrons. The molecule has 11 heteroatoms. The van der Waals surface area contributed by atoms with Crippen molar-refractivity contribution in [2.24, 2.45) is 5.92 Å². The summed E-state index contributed by atoms with van der Waals surface area (Å²) in [6.45, 7) is 3.74. The highest BCUT2D eigenvalue weighted by Gasteiger charge is 2.29. The van der Waals surface area contributed by atoms with Crippen molar-refractivity contribution < 1.29 is 19.4 Å². The fourth-order valence-corrected chi connectivity index (χ4v) is 5.82. The van der Waals surface area contributed by atoms with Crippen molar-refractivity contribution in [1.29, 1.82) is 0 Å². The number of halogens is 1. The average Bonchev–Trinajstić information content (AvgIpc) is 3.56. The maximum atomic E-state index is 13.5. The first-order chi connectivity index (χ1) is 18.3. The molecule has 5 heterocycles. The van der Waals surface area contributed by atoms with E-state index in [4.69, 9.17) is 26.5 Å². The molecular formula is C27H29ClN6O4. The highest BCUT2D eigenvalue weighted by Crippen LogP contribution is 2.39. The Morgan fingerprint density at radius 2 is 2.05 bits per heavy atom. The standard InChI is InChI=1S/C27H29ClN6O4/c1-15-22(20-10-17-7-8-29-25(28)24(17)33(20)12-16-5-6-16)31-34-13-18(11-21(38-2)23(15)34)26(35)32-9-3-4-19(14-32)30-27(36)37/h7-8,10-11,13,16,19,30H,3-6,9,12,14H2,1-2H3,(H,36,37). The summed E-state index contributed by atoms with van der Waals surface area (Å²) in [7, 11) is 1.58. The number of nitrogens with zero attached hydrogens (tertiary/aromatic N) is 5. The molecule has 10 nitrogen and oxygen atoms in total. The second-order valence-electron chi connectivity index (χ2n) is 10.2. The number of amides is 2. The van der Waals surface area contributed by atoms with E-state index in [-0.39, 0.29) is 11.9 Å². The number of ether oxygens (including phenoxy) is 1. The van der Waals surface area contributed by atoms with E-state index in [2.05, 4.69) is 20.9 Å². The highest BCUT2D eigenvalue weighted by molar-refractivity contribution is 6.34. The number of aryl methyl sites for hydroxylation is 1. The van der Waals surface area contributed by atoms with Gasteiger partial charge in [-0.3, -0.25) is 4.79 Å². The van der Waals surface area contributed by atoms with Gasteiger partial charge in [0.15, 0.2) is 5.15 Å². The van der Waals surface area contributed by atoms with Crippen LogP contribution in [0, 0.1) is 12.8 Å². The molecule has 198 valence electrons. The predicted molar refractivity (Wildman–Crippen MR) is 143 cm³/mol. The lowest BCUT2D eigenvalue weighted by molar-refractivity contribution is 0.0691. The van der Waals surface area contributed by atoms with Crippen LogP contribution in [-0.2, 0) is 6.54 Å². The topological polar surface area (TPSA) is 114 Å². The number of aromatic nitrogens is 4. The van der Waals surface area contributed by atoms with Crippen molar-refractivity contribution in [2.75, 3.05) is 20.2 Å². The number of piperidine rings is 1. The summed E-state index contributed by atoms with van der Waals surface area (Å²) in [5.74, 6) is 0.979. The van der Waals surface area contributed by atoms with E-state index in [1.54, 1.807) is 35.0 Å². The number of hydrogen-bond acceptors (Lipinski definition) is 5. The van der Waals surface area contributed by atoms with E-state index in [1.807, 2.05) is 13.0 Å². The first kappa shape index (κ1) is 24.5. The second kappa shape index (κ2) is 9.50. The predicted octanol–water partition coefficient (Wildman–Crippen LogP) is 4.60. The second-order valence-corrected chi connectivity index (χ2v) is 10.6. The molecule has 0 aromatic carbocycles. The Labute approximate surface area is 224 Å². The summed E-state index contributed by atoms with van der Waals surface area (Å²) >= 11 is 6.54. The minimum absolute atomic E-state index is 0.183. The first-order valence-corrected chi connectivity index (χ1v) is 13.2. The maximum absolute atomic E-state index is 13.5. The van der Waals surface area contributed by atoms with Crippen LogP contribution in [0.15, 0.2) is 30.6 Å². The van der Waals surface area contributed by atoms with E-state index in [9.17, 15) is 9.59 Å². The van der Waals surface area contributed by atoms with Gasteiger partial charge in [-0.25, -0.2) is 14.3 Å². The number of likely N-dealkylation sites (tertiary alicyclic amines) is 1. The van der Waals surface area contributed by atoms with Gasteiger partial charge in [0.05, 0.1) is 23.9 Å². The average molecular weight is 537 g/mol. The van der Waals surface area contributed by atoms with Crippen LogP contribution >= 0.6 is 11.6 Å². The SMILES string of the molecule is COc1cc(C(=O)N2CCCC(NC(=O)O)C2)cn2nc(-c3cc4ccnc(Cl)c4n3CC3CC3)c(C)c12. The van der Waals surface area contributed by atoms with Gasteiger partial charge in [-0.2, -0.15) is 5.10 Å². The van der Waals surface area contributed by atoms with Gasteiger partial charge in [0, 0.05) is 49.0 Å². The minimum Gasteiger partial charge on any atom is -0.494 e. The summed E-state index contributed by atoms with van der Waals surface area (Å²) in [6.07, 6.45) is 6.18. The Morgan fingerprint density at radius 3 is 2.79 bits per heavy atom. The molecule has 38 heavy (non-hydrogen) atoms. The van der Waals surface area contributed by atoms with Gasteiger partial charge < -0.3 is 24.6 Å². The third-order valence-electron chi connectivity index (χ3n) is 7.58. The Hall–Kier alpha value is -3.79. The van der Waals surface area contributed by atoms with E-state index >= 15 is 0 Å². The zero-order valence-corrected chi connectivity index (χ0v) is 22.0. The third-order valence-corrected chi connectivity index (χ3v) is 7.85. The molecule has 2 amide bonds. The van der Waals surface area contributed by atoms with Gasteiger partial charge in [-0.1, -0.05) is 11.6 Å². The maximum Gasteiger partial charge on any atom is 0.404 e. The van der Waals surface area contributed by atoms with Crippen LogP contribution in [0.25, 0.3) is 27.8 Å². The number of nitrogens with one attached hydrogen (secondary N) is 1. The van der Waals surface area contributed by atoms with Crippen LogP contribution in [0.2, 0.25) is 5.15 Å². The van der Waals surface area contributed by atoms with Crippen LogP contribution in [0.4, 0.5) is 4.79 Å². The molecule has 4 aromatic rings. The van der Waals surface area contributed by atoms with Gasteiger partial charge in [-0.15, -0.1) is 0 Å². The molecule has 2 aliphatic rings. The molecule has 6 rings (SSSR count). The van der Waals surface area contributed by atoms with Crippen molar-refractivity contribution >= 4 is 40.0 Å². The van der Waals surface area contributed by atoms with Crippen molar-refractivity contribution in [3.63, 3.8) is 0 Å². The summed E-state index contributed by atoms with van der Waals surface area (Å²) in [4.78, 5) is 30.6. The monoisotopic (exact) mass is 536 g/mol. The zero-order chi connectivity index (χ0) is 26.6. The largest absolute Gasteiger partial charge is 0.494 e. The number of carbonyl (C=O) groups is 2. The Morgan fingerprint density at radius 1 is 1.24 bits per heavy atom. The Bertz CT molecular complexity index is 1570. The van der Waals surface area contributed by atoms with Crippen molar-refractivity contribution in [3.05, 3.63) is 46.9 Å². The normalized spacial score (nSPS) is 17.8. The lowest BCUT2D eigenvalue weighted by atomic mass is 10.0. The molecular weight excluding hydrogens is 508 g/mol. The number of pyridine rings is 2. The van der Waals surface area contributed by atoms with Crippen LogP contribution in [0.3, 0.4) is 0 Å². The fourth-order valence-electron chi connectivity index (χ4n) is 5.55. The van der Waals surface area contributed by atoms with E-state index < -0.39 is 6.09 Å². The van der Waals surface area contributed by atoms with Crippen LogP contribution in [-0.4, -0.2) is 67.4 Å². The number of rotatable bonds is 6. The van der Waals surface area contributed by atoms with E-state index in [0.717, 1.165) is 46.3 Å². The molecule has 2 fully saturated rings. The lowest BCUT2D eigenvalue weighted by Gasteiger charge is -2.32. The molecule has 0 spiro atoms. The summed E-state index contributed by atoms with van der Waals surface area (Å²) in [5.41, 5.74) is 4.82. The molecule has 1 unspecified atom stereocenters. The van der Waals surface area contributed by atoms with Crippen molar-refractivity contribution in [2.45, 2.75) is 45.2 Å². The van der Waals surface area contributed by atoms with Gasteiger partial charge >= 0.3 is 6.09 Å². The van der Waals surface area contributed by atoms with Gasteiger partial charge in [0.1, 0.15) is 17.0 Å². The van der Waals surface area contributed by atoms with Gasteiger partial charge in [0.2, 0.25) is 0 Å². The minimum atomic E-state index is -1.08. The Balaban J connectivity index is 1.42. The molecule has 1 aliphatic carbocycles. The van der Waals surface area contributed by atoms with Gasteiger partial charge in [0.25, 0.3) is 5.91 Å². The number of carboxylic acid groups (broad SMARTS) is 1. The van der Waals surface area contributed by atoms with Crippen molar-refractivity contribution in [3.8, 4) is 17.1 Å². The Kier molecular flexibility index (Phi) is 6.14. The van der Waals surface area contributed by atoms with Crippen LogP contribution < -0.4 is 10.1 Å². The molecule has 4 aromatic heterocycles. The molecule has 1 aliphatic heterocycles. The third kappa shape index (κ3) is 4.32. The number of fused-ring (bicyclic) bond motifs is 2. The van der Waals surface area contributed by atoms with Gasteiger partial charge in [-0.05, 0) is 56.7 Å². The fraction of sp³-hybridized carbons (Fsp3) is 0.407. The number of hydrogen-bond donors (Lipinski definition) is 2. The molecule has 2 N–H and O–H groups in total. The molecule has 0 bridgehead atoms. The molecule has 1 saturated heterocycles. The van der Waals surface area contributed by atoms with Crippen molar-refractivity contribution in [1.82, 2.24) is 29.4 Å². The number of carbonyl (C=O) groups excluding carboxylic acids is 1. The molecule has 1 atom stereocenters. The highest BCUT2D eigenvalue weighted by atomic mass is 35.5. The summed E-state index contributed by atoms with van der Waals surface area (Å²) in [6, 6.07) is 5.51. The van der Waals surface area contributed by atoms with E-state index in [1.165, 1.54) is 12.8 Å². The van der Waals surface area contributed by atoms with Crippen LogP contribution in [0.5, 0.6) is 5.75 Å². The van der Waals surface area contributed by atoms with E-state index in [0.29, 0.717) is 41.9 Å². The van der Waals surface area contributed by atoms with Crippen LogP contribution in [0.1, 0.15) is 41.6 Å². The quantitative estimate of drug-likeness (QED) is 0.348.